The Labute approximate surface area is 211 Å². The SMILES string of the molecule is COc1c(O)ccc2c1-c1ccc3c(c1/C(=C/c1ccc(Cl)c(C(F)(F)F)c1)O2)C(C)=CC(C)(C)N3. The highest BCUT2D eigenvalue weighted by Gasteiger charge is 2.35. The second kappa shape index (κ2) is 8.23. The molecule has 0 radical (unpaired) electrons. The van der Waals surface area contributed by atoms with E-state index in [4.69, 9.17) is 21.1 Å². The Morgan fingerprint density at radius 3 is 2.50 bits per heavy atom. The van der Waals surface area contributed by atoms with Gasteiger partial charge in [-0.2, -0.15) is 13.2 Å². The van der Waals surface area contributed by atoms with Gasteiger partial charge >= 0.3 is 6.18 Å². The van der Waals surface area contributed by atoms with Crippen molar-refractivity contribution in [3.8, 4) is 28.4 Å². The molecule has 0 amide bonds. The number of anilines is 1. The quantitative estimate of drug-likeness (QED) is 0.362. The third-order valence-corrected chi connectivity index (χ3v) is 6.60. The van der Waals surface area contributed by atoms with Crippen LogP contribution in [0.4, 0.5) is 18.9 Å². The molecular weight excluding hydrogens is 491 g/mol. The number of halogens is 4. The van der Waals surface area contributed by atoms with Gasteiger partial charge in [0.2, 0.25) is 0 Å². The fraction of sp³-hybridized carbons (Fsp3) is 0.214. The van der Waals surface area contributed by atoms with Crippen molar-refractivity contribution in [3.63, 3.8) is 0 Å². The molecule has 0 atom stereocenters. The van der Waals surface area contributed by atoms with Crippen molar-refractivity contribution in [1.82, 2.24) is 0 Å². The van der Waals surface area contributed by atoms with E-state index in [0.717, 1.165) is 28.5 Å². The summed E-state index contributed by atoms with van der Waals surface area (Å²) in [7, 11) is 1.46. The number of benzene rings is 3. The fourth-order valence-electron chi connectivity index (χ4n) is 4.95. The largest absolute Gasteiger partial charge is 0.504 e. The van der Waals surface area contributed by atoms with E-state index in [1.54, 1.807) is 12.1 Å². The molecule has 36 heavy (non-hydrogen) atoms. The van der Waals surface area contributed by atoms with Gasteiger partial charge < -0.3 is 19.9 Å². The molecule has 0 fully saturated rings. The van der Waals surface area contributed by atoms with Gasteiger partial charge in [0.15, 0.2) is 11.5 Å². The highest BCUT2D eigenvalue weighted by atomic mass is 35.5. The van der Waals surface area contributed by atoms with E-state index in [1.807, 2.05) is 19.1 Å². The van der Waals surface area contributed by atoms with Gasteiger partial charge in [-0.15, -0.1) is 0 Å². The maximum Gasteiger partial charge on any atom is 0.417 e. The summed E-state index contributed by atoms with van der Waals surface area (Å²) in [5, 5.41) is 13.6. The molecule has 0 saturated heterocycles. The van der Waals surface area contributed by atoms with Crippen LogP contribution in [0.3, 0.4) is 0 Å². The zero-order chi connectivity index (χ0) is 26.0. The second-order valence-corrected chi connectivity index (χ2v) is 9.83. The van der Waals surface area contributed by atoms with Crippen LogP contribution in [-0.2, 0) is 6.18 Å². The fourth-order valence-corrected chi connectivity index (χ4v) is 5.17. The first kappa shape index (κ1) is 24.1. The number of phenols is 1. The van der Waals surface area contributed by atoms with Crippen LogP contribution in [0.15, 0.2) is 48.5 Å². The van der Waals surface area contributed by atoms with Gasteiger partial charge in [-0.25, -0.2) is 0 Å². The number of nitrogens with one attached hydrogen (secondary N) is 1. The molecule has 186 valence electrons. The molecule has 0 aliphatic carbocycles. The van der Waals surface area contributed by atoms with E-state index >= 15 is 0 Å². The Hall–Kier alpha value is -3.58. The minimum Gasteiger partial charge on any atom is -0.504 e. The number of methoxy groups -OCH3 is 1. The molecule has 0 bridgehead atoms. The maximum absolute atomic E-state index is 13.5. The van der Waals surface area contributed by atoms with Gasteiger partial charge in [0.25, 0.3) is 0 Å². The lowest BCUT2D eigenvalue weighted by Crippen LogP contribution is -2.32. The molecular formula is C28H23ClF3NO3. The minimum absolute atomic E-state index is 0.0463. The Morgan fingerprint density at radius 1 is 1.06 bits per heavy atom. The number of hydrogen-bond acceptors (Lipinski definition) is 4. The van der Waals surface area contributed by atoms with Crippen molar-refractivity contribution >= 4 is 34.7 Å². The lowest BCUT2D eigenvalue weighted by molar-refractivity contribution is -0.137. The standard InChI is InChI=1S/C28H23ClF3NO3/c1-14-13-27(2,3)33-19-8-6-16-24(23(14)19)22(36-21-10-9-20(34)26(35-4)25(16)21)12-15-5-7-18(29)17(11-15)28(30,31)32/h5-13,33-34H,1-4H3/b22-12-. The van der Waals surface area contributed by atoms with Crippen LogP contribution in [0, 0.1) is 0 Å². The summed E-state index contributed by atoms with van der Waals surface area (Å²) in [6.07, 6.45) is -0.936. The molecule has 0 aromatic heterocycles. The molecule has 2 aliphatic rings. The molecule has 0 spiro atoms. The number of rotatable bonds is 2. The van der Waals surface area contributed by atoms with Gasteiger partial charge in [0.05, 0.1) is 28.8 Å². The highest BCUT2D eigenvalue weighted by Crippen LogP contribution is 2.54. The molecule has 3 aromatic rings. The summed E-state index contributed by atoms with van der Waals surface area (Å²) < 4.78 is 52.4. The number of aromatic hydroxyl groups is 1. The predicted molar refractivity (Wildman–Crippen MR) is 136 cm³/mol. The highest BCUT2D eigenvalue weighted by molar-refractivity contribution is 6.31. The first-order valence-electron chi connectivity index (χ1n) is 11.2. The summed E-state index contributed by atoms with van der Waals surface area (Å²) >= 11 is 5.84. The van der Waals surface area contributed by atoms with Crippen molar-refractivity contribution in [1.29, 1.82) is 0 Å². The first-order valence-corrected chi connectivity index (χ1v) is 11.6. The monoisotopic (exact) mass is 513 g/mol. The number of hydrogen-bond donors (Lipinski definition) is 2. The van der Waals surface area contributed by atoms with Crippen molar-refractivity contribution in [2.24, 2.45) is 0 Å². The van der Waals surface area contributed by atoms with E-state index in [1.165, 1.54) is 25.3 Å². The minimum atomic E-state index is -4.59. The zero-order valence-electron chi connectivity index (χ0n) is 20.0. The maximum atomic E-state index is 13.5. The van der Waals surface area contributed by atoms with E-state index in [9.17, 15) is 18.3 Å². The third-order valence-electron chi connectivity index (χ3n) is 6.27. The number of allylic oxidation sites excluding steroid dienone is 1. The molecule has 3 aromatic carbocycles. The van der Waals surface area contributed by atoms with E-state index in [0.29, 0.717) is 22.6 Å². The smallest absolute Gasteiger partial charge is 0.417 e. The molecule has 0 saturated carbocycles. The summed E-state index contributed by atoms with van der Waals surface area (Å²) in [6.45, 7) is 6.09. The first-order chi connectivity index (χ1) is 16.9. The van der Waals surface area contributed by atoms with Crippen LogP contribution in [0.2, 0.25) is 5.02 Å². The van der Waals surface area contributed by atoms with Crippen molar-refractivity contribution < 1.29 is 27.8 Å². The summed E-state index contributed by atoms with van der Waals surface area (Å²) in [4.78, 5) is 0. The van der Waals surface area contributed by atoms with Crippen LogP contribution in [0.1, 0.15) is 43.0 Å². The van der Waals surface area contributed by atoms with Gasteiger partial charge in [0, 0.05) is 22.4 Å². The number of phenolic OH excluding ortho intramolecular Hbond substituents is 1. The molecule has 2 N–H and O–H groups in total. The molecule has 0 unspecified atom stereocenters. The van der Waals surface area contributed by atoms with Crippen molar-refractivity contribution in [3.05, 3.63) is 75.8 Å². The number of alkyl halides is 3. The second-order valence-electron chi connectivity index (χ2n) is 9.42. The topological polar surface area (TPSA) is 50.7 Å². The molecule has 5 rings (SSSR count). The Balaban J connectivity index is 1.81. The van der Waals surface area contributed by atoms with Gasteiger partial charge in [0.1, 0.15) is 11.5 Å². The van der Waals surface area contributed by atoms with Crippen LogP contribution < -0.4 is 14.8 Å². The van der Waals surface area contributed by atoms with Crippen LogP contribution >= 0.6 is 11.6 Å². The van der Waals surface area contributed by atoms with Crippen LogP contribution in [-0.4, -0.2) is 17.8 Å². The predicted octanol–water partition coefficient (Wildman–Crippen LogP) is 8.24. The number of ether oxygens (including phenoxy) is 2. The zero-order valence-corrected chi connectivity index (χ0v) is 20.7. The average molecular weight is 514 g/mol. The summed E-state index contributed by atoms with van der Waals surface area (Å²) in [5.41, 5.74) is 3.75. The lowest BCUT2D eigenvalue weighted by atomic mass is 9.82. The third kappa shape index (κ3) is 3.97. The van der Waals surface area contributed by atoms with E-state index in [2.05, 4.69) is 25.2 Å². The van der Waals surface area contributed by atoms with Crippen LogP contribution in [0.25, 0.3) is 28.5 Å². The Bertz CT molecular complexity index is 1470. The van der Waals surface area contributed by atoms with Crippen molar-refractivity contribution in [2.75, 3.05) is 12.4 Å². The van der Waals surface area contributed by atoms with Gasteiger partial charge in [-0.1, -0.05) is 29.8 Å². The Kier molecular flexibility index (Phi) is 5.52. The van der Waals surface area contributed by atoms with Crippen LogP contribution in [0.5, 0.6) is 17.2 Å². The summed E-state index contributed by atoms with van der Waals surface area (Å²) in [6, 6.07) is 10.7. The molecule has 8 heteroatoms. The molecule has 4 nitrogen and oxygen atoms in total. The normalized spacial score (nSPS) is 16.8. The average Bonchev–Trinajstić information content (AvgIpc) is 2.78. The van der Waals surface area contributed by atoms with E-state index < -0.39 is 11.7 Å². The summed E-state index contributed by atoms with van der Waals surface area (Å²) in [5.74, 6) is 0.991. The number of fused-ring (bicyclic) bond motifs is 5. The molecule has 2 heterocycles. The Morgan fingerprint density at radius 2 is 1.81 bits per heavy atom. The molecule has 2 aliphatic heterocycles. The van der Waals surface area contributed by atoms with Crippen molar-refractivity contribution in [2.45, 2.75) is 32.5 Å². The van der Waals surface area contributed by atoms with Gasteiger partial charge in [-0.3, -0.25) is 0 Å². The van der Waals surface area contributed by atoms with E-state index in [-0.39, 0.29) is 27.6 Å². The van der Waals surface area contributed by atoms with Gasteiger partial charge in [-0.05, 0) is 68.3 Å². The lowest BCUT2D eigenvalue weighted by Gasteiger charge is -2.35.